The molecule has 0 aromatic carbocycles. The van der Waals surface area contributed by atoms with Crippen LogP contribution in [0.4, 0.5) is 4.79 Å². The number of likely N-dealkylation sites (N-methyl/N-ethyl adjacent to an activating group) is 1. The number of hydrogen-bond acceptors (Lipinski definition) is 3. The number of nitrogens with zero attached hydrogens (tertiary/aromatic N) is 2. The Balaban J connectivity index is 2.65. The minimum atomic E-state index is -0.492. The standard InChI is InChI=1S/C14H26N2O3/c1-10-7-8-12(9-16(10)11(2)17)15(6)13(18)19-14(3,4)5/h10,12H,7-9H2,1-6H3. The van der Waals surface area contributed by atoms with Gasteiger partial charge in [0, 0.05) is 26.6 Å². The summed E-state index contributed by atoms with van der Waals surface area (Å²) in [5, 5.41) is 0. The molecule has 19 heavy (non-hydrogen) atoms. The molecule has 0 aromatic heterocycles. The Bertz CT molecular complexity index is 349. The Morgan fingerprint density at radius 3 is 2.32 bits per heavy atom. The van der Waals surface area contributed by atoms with Crippen molar-refractivity contribution in [1.29, 1.82) is 0 Å². The maximum absolute atomic E-state index is 12.0. The number of hydrogen-bond donors (Lipinski definition) is 0. The number of ether oxygens (including phenoxy) is 1. The van der Waals surface area contributed by atoms with Gasteiger partial charge in [0.05, 0.1) is 6.04 Å². The maximum atomic E-state index is 12.0. The molecule has 1 saturated heterocycles. The van der Waals surface area contributed by atoms with Crippen molar-refractivity contribution in [3.8, 4) is 0 Å². The quantitative estimate of drug-likeness (QED) is 0.734. The second-order valence-electron chi connectivity index (χ2n) is 6.34. The summed E-state index contributed by atoms with van der Waals surface area (Å²) >= 11 is 0. The Labute approximate surface area is 115 Å². The second-order valence-corrected chi connectivity index (χ2v) is 6.34. The van der Waals surface area contributed by atoms with Gasteiger partial charge in [-0.1, -0.05) is 0 Å². The van der Waals surface area contributed by atoms with Crippen LogP contribution in [0, 0.1) is 0 Å². The first kappa shape index (κ1) is 15.8. The molecule has 1 rings (SSSR count). The van der Waals surface area contributed by atoms with E-state index in [-0.39, 0.29) is 24.1 Å². The summed E-state index contributed by atoms with van der Waals surface area (Å²) in [4.78, 5) is 27.0. The van der Waals surface area contributed by atoms with Gasteiger partial charge in [-0.05, 0) is 40.5 Å². The van der Waals surface area contributed by atoms with Crippen molar-refractivity contribution in [3.05, 3.63) is 0 Å². The van der Waals surface area contributed by atoms with Crippen molar-refractivity contribution in [2.45, 2.75) is 65.1 Å². The molecular formula is C14H26N2O3. The zero-order chi connectivity index (χ0) is 14.8. The molecule has 2 amide bonds. The largest absolute Gasteiger partial charge is 0.444 e. The molecule has 0 radical (unpaired) electrons. The average molecular weight is 270 g/mol. The first-order chi connectivity index (χ1) is 8.61. The Morgan fingerprint density at radius 2 is 1.84 bits per heavy atom. The number of rotatable bonds is 1. The van der Waals surface area contributed by atoms with Crippen molar-refractivity contribution >= 4 is 12.0 Å². The zero-order valence-corrected chi connectivity index (χ0v) is 12.9. The molecule has 0 aromatic rings. The van der Waals surface area contributed by atoms with Gasteiger partial charge in [0.2, 0.25) is 5.91 Å². The van der Waals surface area contributed by atoms with E-state index >= 15 is 0 Å². The van der Waals surface area contributed by atoms with E-state index in [1.54, 1.807) is 18.9 Å². The van der Waals surface area contributed by atoms with Crippen LogP contribution < -0.4 is 0 Å². The van der Waals surface area contributed by atoms with Gasteiger partial charge in [0.25, 0.3) is 0 Å². The Morgan fingerprint density at radius 1 is 1.26 bits per heavy atom. The molecular weight excluding hydrogens is 244 g/mol. The van der Waals surface area contributed by atoms with Gasteiger partial charge in [-0.2, -0.15) is 0 Å². The van der Waals surface area contributed by atoms with E-state index in [1.165, 1.54) is 0 Å². The highest BCUT2D eigenvalue weighted by molar-refractivity contribution is 5.74. The van der Waals surface area contributed by atoms with Crippen molar-refractivity contribution < 1.29 is 14.3 Å². The molecule has 0 saturated carbocycles. The molecule has 1 aliphatic rings. The van der Waals surface area contributed by atoms with Crippen molar-refractivity contribution in [1.82, 2.24) is 9.80 Å². The smallest absolute Gasteiger partial charge is 0.410 e. The summed E-state index contributed by atoms with van der Waals surface area (Å²) in [5.41, 5.74) is -0.492. The van der Waals surface area contributed by atoms with E-state index in [9.17, 15) is 9.59 Å². The van der Waals surface area contributed by atoms with Crippen LogP contribution in [0.1, 0.15) is 47.5 Å². The third kappa shape index (κ3) is 4.40. The van der Waals surface area contributed by atoms with Crippen LogP contribution >= 0.6 is 0 Å². The lowest BCUT2D eigenvalue weighted by Crippen LogP contribution is -2.53. The SMILES string of the molecule is CC(=O)N1CC(N(C)C(=O)OC(C)(C)C)CCC1C. The van der Waals surface area contributed by atoms with Gasteiger partial charge in [-0.25, -0.2) is 4.79 Å². The minimum Gasteiger partial charge on any atom is -0.444 e. The van der Waals surface area contributed by atoms with Gasteiger partial charge in [0.1, 0.15) is 5.60 Å². The number of amides is 2. The van der Waals surface area contributed by atoms with E-state index in [1.807, 2.05) is 32.6 Å². The topological polar surface area (TPSA) is 49.9 Å². The number of piperidine rings is 1. The van der Waals surface area contributed by atoms with E-state index in [2.05, 4.69) is 0 Å². The van der Waals surface area contributed by atoms with E-state index in [4.69, 9.17) is 4.74 Å². The lowest BCUT2D eigenvalue weighted by Gasteiger charge is -2.41. The van der Waals surface area contributed by atoms with Crippen LogP contribution in [0.2, 0.25) is 0 Å². The van der Waals surface area contributed by atoms with Crippen LogP contribution in [0.25, 0.3) is 0 Å². The predicted octanol–water partition coefficient (Wildman–Crippen LogP) is 2.25. The van der Waals surface area contributed by atoms with Crippen LogP contribution in [0.5, 0.6) is 0 Å². The van der Waals surface area contributed by atoms with Gasteiger partial charge < -0.3 is 14.5 Å². The summed E-state index contributed by atoms with van der Waals surface area (Å²) in [6.45, 7) is 9.76. The van der Waals surface area contributed by atoms with Crippen molar-refractivity contribution in [2.24, 2.45) is 0 Å². The van der Waals surface area contributed by atoms with Crippen LogP contribution in [-0.2, 0) is 9.53 Å². The van der Waals surface area contributed by atoms with E-state index in [0.717, 1.165) is 12.8 Å². The van der Waals surface area contributed by atoms with Gasteiger partial charge in [-0.3, -0.25) is 4.79 Å². The highest BCUT2D eigenvalue weighted by atomic mass is 16.6. The normalized spacial score (nSPS) is 24.0. The molecule has 0 bridgehead atoms. The Kier molecular flexibility index (Phi) is 4.82. The fourth-order valence-electron chi connectivity index (χ4n) is 2.33. The molecule has 110 valence electrons. The highest BCUT2D eigenvalue weighted by Crippen LogP contribution is 2.21. The number of likely N-dealkylation sites (tertiary alicyclic amines) is 1. The summed E-state index contributed by atoms with van der Waals surface area (Å²) in [7, 11) is 1.74. The van der Waals surface area contributed by atoms with Gasteiger partial charge in [0.15, 0.2) is 0 Å². The second kappa shape index (κ2) is 5.80. The van der Waals surface area contributed by atoms with Gasteiger partial charge >= 0.3 is 6.09 Å². The first-order valence-corrected chi connectivity index (χ1v) is 6.85. The summed E-state index contributed by atoms with van der Waals surface area (Å²) in [6.07, 6.45) is 1.49. The lowest BCUT2D eigenvalue weighted by atomic mass is 9.98. The molecule has 2 unspecified atom stereocenters. The maximum Gasteiger partial charge on any atom is 0.410 e. The molecule has 0 spiro atoms. The zero-order valence-electron chi connectivity index (χ0n) is 12.9. The fourth-order valence-corrected chi connectivity index (χ4v) is 2.33. The third-order valence-electron chi connectivity index (χ3n) is 3.49. The lowest BCUT2D eigenvalue weighted by molar-refractivity contribution is -0.133. The minimum absolute atomic E-state index is 0.0370. The van der Waals surface area contributed by atoms with Gasteiger partial charge in [-0.15, -0.1) is 0 Å². The molecule has 5 nitrogen and oxygen atoms in total. The third-order valence-corrected chi connectivity index (χ3v) is 3.49. The van der Waals surface area contributed by atoms with E-state index in [0.29, 0.717) is 6.54 Å². The van der Waals surface area contributed by atoms with Crippen LogP contribution in [-0.4, -0.2) is 53.1 Å². The first-order valence-electron chi connectivity index (χ1n) is 6.85. The summed E-state index contributed by atoms with van der Waals surface area (Å²) < 4.78 is 5.36. The summed E-state index contributed by atoms with van der Waals surface area (Å²) in [6, 6.07) is 0.288. The number of carbonyl (C=O) groups is 2. The Hall–Kier alpha value is -1.26. The fraction of sp³-hybridized carbons (Fsp3) is 0.857. The van der Waals surface area contributed by atoms with E-state index < -0.39 is 5.60 Å². The molecule has 1 aliphatic heterocycles. The predicted molar refractivity (Wildman–Crippen MR) is 73.9 cm³/mol. The van der Waals surface area contributed by atoms with Crippen molar-refractivity contribution in [3.63, 3.8) is 0 Å². The number of carbonyl (C=O) groups excluding carboxylic acids is 2. The van der Waals surface area contributed by atoms with Crippen LogP contribution in [0.15, 0.2) is 0 Å². The highest BCUT2D eigenvalue weighted by Gasteiger charge is 2.32. The molecule has 1 fully saturated rings. The molecule has 0 N–H and O–H groups in total. The molecule has 0 aliphatic carbocycles. The van der Waals surface area contributed by atoms with Crippen LogP contribution in [0.3, 0.4) is 0 Å². The molecule has 2 atom stereocenters. The molecule has 5 heteroatoms. The van der Waals surface area contributed by atoms with Crippen molar-refractivity contribution in [2.75, 3.05) is 13.6 Å². The molecule has 1 heterocycles. The average Bonchev–Trinajstić information content (AvgIpc) is 2.26. The summed E-state index contributed by atoms with van der Waals surface area (Å²) in [5.74, 6) is 0.0646. The monoisotopic (exact) mass is 270 g/mol.